The van der Waals surface area contributed by atoms with E-state index in [0.29, 0.717) is 6.08 Å². The quantitative estimate of drug-likeness (QED) is 0.466. The van der Waals surface area contributed by atoms with Gasteiger partial charge in [0.1, 0.15) is 0 Å². The number of hydrogen-bond donors (Lipinski definition) is 0. The van der Waals surface area contributed by atoms with Crippen molar-refractivity contribution in [2.24, 2.45) is 0 Å². The van der Waals surface area contributed by atoms with Crippen LogP contribution >= 0.6 is 7.60 Å². The molecule has 22 heavy (non-hydrogen) atoms. The van der Waals surface area contributed by atoms with Crippen molar-refractivity contribution < 1.29 is 22.4 Å². The van der Waals surface area contributed by atoms with Crippen molar-refractivity contribution in [1.29, 1.82) is 0 Å². The molecule has 0 saturated carbocycles. The number of allylic oxidation sites excluding steroid dienone is 3. The maximum atomic E-state index is 14.2. The van der Waals surface area contributed by atoms with Crippen molar-refractivity contribution in [3.8, 4) is 0 Å². The highest BCUT2D eigenvalue weighted by Crippen LogP contribution is 2.62. The van der Waals surface area contributed by atoms with Crippen LogP contribution in [-0.2, 0) is 13.6 Å². The third-order valence-electron chi connectivity index (χ3n) is 2.70. The van der Waals surface area contributed by atoms with Crippen molar-refractivity contribution >= 4 is 13.7 Å². The van der Waals surface area contributed by atoms with E-state index < -0.39 is 13.3 Å². The lowest BCUT2D eigenvalue weighted by Gasteiger charge is -2.23. The summed E-state index contributed by atoms with van der Waals surface area (Å²) in [4.78, 5) is 0. The molecular weight excluding hydrogens is 309 g/mol. The van der Waals surface area contributed by atoms with Gasteiger partial charge in [0, 0.05) is 0 Å². The molecule has 122 valence electrons. The molecule has 0 aliphatic rings. The lowest BCUT2D eigenvalue weighted by molar-refractivity contribution is 0.0788. The van der Waals surface area contributed by atoms with Gasteiger partial charge >= 0.3 is 13.3 Å². The normalized spacial score (nSPS) is 13.8. The fourth-order valence-corrected chi connectivity index (χ4v) is 3.20. The molecule has 0 fully saturated rings. The van der Waals surface area contributed by atoms with Crippen molar-refractivity contribution in [3.63, 3.8) is 0 Å². The minimum absolute atomic E-state index is 0.111. The van der Waals surface area contributed by atoms with Gasteiger partial charge in [0.2, 0.25) is 0 Å². The summed E-state index contributed by atoms with van der Waals surface area (Å²) < 4.78 is 50.0. The molecule has 0 N–H and O–H groups in total. The number of hydrogen-bond acceptors (Lipinski definition) is 3. The van der Waals surface area contributed by atoms with Gasteiger partial charge in [0.15, 0.2) is 0 Å². The molecule has 6 heteroatoms. The van der Waals surface area contributed by atoms with Gasteiger partial charge in [-0.1, -0.05) is 42.5 Å². The zero-order chi connectivity index (χ0) is 16.6. The summed E-state index contributed by atoms with van der Waals surface area (Å²) in [7, 11) is -4.52. The molecule has 0 unspecified atom stereocenters. The molecule has 0 heterocycles. The monoisotopic (exact) mass is 330 g/mol. The van der Waals surface area contributed by atoms with Crippen LogP contribution < -0.4 is 0 Å². The number of benzene rings is 1. The molecule has 1 rings (SSSR count). The Labute approximate surface area is 130 Å². The highest BCUT2D eigenvalue weighted by Gasteiger charge is 2.51. The predicted octanol–water partition coefficient (Wildman–Crippen LogP) is 5.51. The highest BCUT2D eigenvalue weighted by atomic mass is 31.2. The summed E-state index contributed by atoms with van der Waals surface area (Å²) in [5.41, 5.74) is -2.52. The van der Waals surface area contributed by atoms with Crippen LogP contribution in [0.25, 0.3) is 6.08 Å². The van der Waals surface area contributed by atoms with Gasteiger partial charge < -0.3 is 9.05 Å². The van der Waals surface area contributed by atoms with Gasteiger partial charge in [0.05, 0.1) is 13.2 Å². The molecule has 1 aromatic rings. The largest absolute Gasteiger partial charge is 0.403 e. The lowest BCUT2D eigenvalue weighted by Crippen LogP contribution is -2.18. The van der Waals surface area contributed by atoms with E-state index in [1.807, 2.05) is 30.3 Å². The minimum atomic E-state index is -4.52. The SMILES string of the molecule is CCOP(=O)(OCC)C(F)(F)/C=C(C)/C=C/c1ccccc1. The smallest absolute Gasteiger partial charge is 0.304 e. The molecule has 0 bridgehead atoms. The Bertz CT molecular complexity index is 558. The third-order valence-corrected chi connectivity index (χ3v) is 4.76. The second-order valence-corrected chi connectivity index (χ2v) is 6.66. The zero-order valence-electron chi connectivity index (χ0n) is 13.0. The Kier molecular flexibility index (Phi) is 7.14. The molecule has 0 saturated heterocycles. The van der Waals surface area contributed by atoms with E-state index in [2.05, 4.69) is 0 Å². The molecule has 0 atom stereocenters. The van der Waals surface area contributed by atoms with Crippen LogP contribution in [0.15, 0.2) is 48.1 Å². The van der Waals surface area contributed by atoms with Gasteiger partial charge in [0.25, 0.3) is 0 Å². The number of alkyl halides is 2. The van der Waals surface area contributed by atoms with E-state index in [4.69, 9.17) is 9.05 Å². The van der Waals surface area contributed by atoms with E-state index in [9.17, 15) is 13.3 Å². The van der Waals surface area contributed by atoms with Crippen LogP contribution in [0, 0.1) is 0 Å². The first-order valence-corrected chi connectivity index (χ1v) is 8.58. The molecule has 1 aromatic carbocycles. The second-order valence-electron chi connectivity index (χ2n) is 4.55. The summed E-state index contributed by atoms with van der Waals surface area (Å²) in [5, 5.41) is 0. The predicted molar refractivity (Wildman–Crippen MR) is 85.0 cm³/mol. The Balaban J connectivity index is 2.96. The van der Waals surface area contributed by atoms with Crippen LogP contribution in [0.2, 0.25) is 0 Å². The summed E-state index contributed by atoms with van der Waals surface area (Å²) in [6.07, 6.45) is 3.86. The zero-order valence-corrected chi connectivity index (χ0v) is 13.9. The third kappa shape index (κ3) is 5.16. The van der Waals surface area contributed by atoms with Crippen LogP contribution in [0.5, 0.6) is 0 Å². The lowest BCUT2D eigenvalue weighted by atomic mass is 10.1. The van der Waals surface area contributed by atoms with Crippen LogP contribution in [-0.4, -0.2) is 18.9 Å². The Morgan fingerprint density at radius 3 is 2.23 bits per heavy atom. The highest BCUT2D eigenvalue weighted by molar-refractivity contribution is 7.55. The van der Waals surface area contributed by atoms with Gasteiger partial charge in [-0.15, -0.1) is 0 Å². The minimum Gasteiger partial charge on any atom is -0.304 e. The van der Waals surface area contributed by atoms with Crippen molar-refractivity contribution in [1.82, 2.24) is 0 Å². The second kappa shape index (κ2) is 8.37. The molecule has 0 aliphatic heterocycles. The first-order chi connectivity index (χ1) is 10.3. The molecule has 0 radical (unpaired) electrons. The van der Waals surface area contributed by atoms with Crippen LogP contribution in [0.4, 0.5) is 8.78 Å². The van der Waals surface area contributed by atoms with Gasteiger partial charge in [-0.3, -0.25) is 4.57 Å². The fourth-order valence-electron chi connectivity index (χ4n) is 1.74. The van der Waals surface area contributed by atoms with Gasteiger partial charge in [-0.2, -0.15) is 8.78 Å². The number of rotatable bonds is 8. The molecule has 3 nitrogen and oxygen atoms in total. The summed E-state index contributed by atoms with van der Waals surface area (Å²) >= 11 is 0. The summed E-state index contributed by atoms with van der Waals surface area (Å²) in [5.74, 6) is 0. The maximum Gasteiger partial charge on any atom is 0.403 e. The standard InChI is InChI=1S/C16H21F2O3P/c1-4-20-22(19,21-5-2)16(17,18)13-14(3)11-12-15-9-7-6-8-10-15/h6-13H,4-5H2,1-3H3/b12-11+,14-13+. The van der Waals surface area contributed by atoms with E-state index in [1.54, 1.807) is 6.08 Å². The van der Waals surface area contributed by atoms with Crippen molar-refractivity contribution in [3.05, 3.63) is 53.6 Å². The Hall–Kier alpha value is -1.29. The molecule has 0 spiro atoms. The average molecular weight is 330 g/mol. The first kappa shape index (κ1) is 18.8. The first-order valence-electron chi connectivity index (χ1n) is 7.04. The Morgan fingerprint density at radius 1 is 1.18 bits per heavy atom. The maximum absolute atomic E-state index is 14.2. The topological polar surface area (TPSA) is 35.5 Å². The molecular formula is C16H21F2O3P. The van der Waals surface area contributed by atoms with Crippen molar-refractivity contribution in [2.75, 3.05) is 13.2 Å². The van der Waals surface area contributed by atoms with E-state index in [1.165, 1.54) is 26.8 Å². The molecule has 0 aromatic heterocycles. The molecule has 0 amide bonds. The van der Waals surface area contributed by atoms with Gasteiger partial charge in [-0.25, -0.2) is 0 Å². The van der Waals surface area contributed by atoms with Crippen LogP contribution in [0.3, 0.4) is 0 Å². The Morgan fingerprint density at radius 2 is 1.73 bits per heavy atom. The summed E-state index contributed by atoms with van der Waals surface area (Å²) in [6, 6.07) is 9.28. The average Bonchev–Trinajstić information content (AvgIpc) is 2.46. The van der Waals surface area contributed by atoms with E-state index in [0.717, 1.165) is 5.56 Å². The van der Waals surface area contributed by atoms with E-state index in [-0.39, 0.29) is 18.8 Å². The molecule has 0 aliphatic carbocycles. The summed E-state index contributed by atoms with van der Waals surface area (Å²) in [6.45, 7) is 4.27. The van der Waals surface area contributed by atoms with Gasteiger partial charge in [-0.05, 0) is 38.0 Å². The van der Waals surface area contributed by atoms with Crippen molar-refractivity contribution in [2.45, 2.75) is 26.4 Å². The van der Waals surface area contributed by atoms with E-state index >= 15 is 0 Å². The number of halogens is 2. The fraction of sp³-hybridized carbons (Fsp3) is 0.375. The van der Waals surface area contributed by atoms with Crippen LogP contribution in [0.1, 0.15) is 26.3 Å².